The molecule has 1 aromatic carbocycles. The molecule has 1 rings (SSSR count). The normalized spacial score (nSPS) is 12.4. The number of carbonyl (C=O) groups is 1. The van der Waals surface area contributed by atoms with Gasteiger partial charge in [-0.3, -0.25) is 4.79 Å². The van der Waals surface area contributed by atoms with Gasteiger partial charge < -0.3 is 0 Å². The lowest BCUT2D eigenvalue weighted by Crippen LogP contribution is -2.09. The SMILES string of the molecule is CSCCCCC(=O)[C@@H](C)c1ccc(F)cc1. The average Bonchev–Trinajstić information content (AvgIpc) is 2.34. The van der Waals surface area contributed by atoms with Gasteiger partial charge in [0, 0.05) is 12.3 Å². The van der Waals surface area contributed by atoms with Gasteiger partial charge in [-0.25, -0.2) is 4.39 Å². The van der Waals surface area contributed by atoms with E-state index in [1.54, 1.807) is 23.9 Å². The number of halogens is 1. The van der Waals surface area contributed by atoms with Crippen molar-refractivity contribution in [3.63, 3.8) is 0 Å². The molecule has 1 nitrogen and oxygen atoms in total. The van der Waals surface area contributed by atoms with Crippen LogP contribution in [0.25, 0.3) is 0 Å². The highest BCUT2D eigenvalue weighted by molar-refractivity contribution is 7.98. The number of hydrogen-bond acceptors (Lipinski definition) is 2. The Morgan fingerprint density at radius 3 is 2.53 bits per heavy atom. The van der Waals surface area contributed by atoms with Crippen LogP contribution < -0.4 is 0 Å². The lowest BCUT2D eigenvalue weighted by atomic mass is 9.94. The van der Waals surface area contributed by atoms with E-state index >= 15 is 0 Å². The van der Waals surface area contributed by atoms with Crippen LogP contribution in [-0.2, 0) is 4.79 Å². The number of unbranched alkanes of at least 4 members (excludes halogenated alkanes) is 1. The Bertz CT molecular complexity index is 348. The van der Waals surface area contributed by atoms with Crippen LogP contribution in [0.15, 0.2) is 24.3 Å². The van der Waals surface area contributed by atoms with Crippen molar-refractivity contribution < 1.29 is 9.18 Å². The van der Waals surface area contributed by atoms with Crippen molar-refractivity contribution in [1.82, 2.24) is 0 Å². The molecule has 0 fully saturated rings. The summed E-state index contributed by atoms with van der Waals surface area (Å²) in [6.07, 6.45) is 4.73. The maximum absolute atomic E-state index is 12.8. The first-order valence-electron chi connectivity index (χ1n) is 5.92. The molecule has 0 amide bonds. The Hall–Kier alpha value is -0.830. The van der Waals surface area contributed by atoms with Gasteiger partial charge in [0.15, 0.2) is 0 Å². The topological polar surface area (TPSA) is 17.1 Å². The van der Waals surface area contributed by atoms with Crippen molar-refractivity contribution in [2.24, 2.45) is 0 Å². The fourth-order valence-electron chi connectivity index (χ4n) is 1.70. The molecule has 94 valence electrons. The third kappa shape index (κ3) is 4.90. The van der Waals surface area contributed by atoms with Crippen molar-refractivity contribution in [2.45, 2.75) is 32.1 Å². The Balaban J connectivity index is 2.43. The molecule has 0 unspecified atom stereocenters. The van der Waals surface area contributed by atoms with Crippen molar-refractivity contribution in [3.8, 4) is 0 Å². The quantitative estimate of drug-likeness (QED) is 0.683. The zero-order chi connectivity index (χ0) is 12.7. The van der Waals surface area contributed by atoms with E-state index < -0.39 is 0 Å². The summed E-state index contributed by atoms with van der Waals surface area (Å²) >= 11 is 1.81. The number of ketones is 1. The third-order valence-electron chi connectivity index (χ3n) is 2.87. The van der Waals surface area contributed by atoms with E-state index in [1.807, 2.05) is 6.92 Å². The summed E-state index contributed by atoms with van der Waals surface area (Å²) in [6, 6.07) is 6.21. The molecule has 0 spiro atoms. The standard InChI is InChI=1S/C14H19FOS/c1-11(12-6-8-13(15)9-7-12)14(16)5-3-4-10-17-2/h6-9,11H,3-5,10H2,1-2H3/t11-/m0/s1. The van der Waals surface area contributed by atoms with Gasteiger partial charge in [-0.2, -0.15) is 11.8 Å². The summed E-state index contributed by atoms with van der Waals surface area (Å²) in [5.41, 5.74) is 0.904. The molecule has 0 bridgehead atoms. The number of thioether (sulfide) groups is 1. The summed E-state index contributed by atoms with van der Waals surface area (Å²) in [5.74, 6) is 0.981. The lowest BCUT2D eigenvalue weighted by molar-refractivity contribution is -0.120. The van der Waals surface area contributed by atoms with Gasteiger partial charge in [0.05, 0.1) is 0 Å². The number of hydrogen-bond donors (Lipinski definition) is 0. The maximum Gasteiger partial charge on any atom is 0.140 e. The minimum atomic E-state index is -0.256. The van der Waals surface area contributed by atoms with Crippen LogP contribution in [0.2, 0.25) is 0 Å². The minimum Gasteiger partial charge on any atom is -0.299 e. The largest absolute Gasteiger partial charge is 0.299 e. The van der Waals surface area contributed by atoms with E-state index in [-0.39, 0.29) is 17.5 Å². The van der Waals surface area contributed by atoms with E-state index in [2.05, 4.69) is 6.26 Å². The van der Waals surface area contributed by atoms with Crippen molar-refractivity contribution in [2.75, 3.05) is 12.0 Å². The van der Waals surface area contributed by atoms with Crippen LogP contribution in [0.4, 0.5) is 4.39 Å². The van der Waals surface area contributed by atoms with Crippen molar-refractivity contribution >= 4 is 17.5 Å². The van der Waals surface area contributed by atoms with Gasteiger partial charge in [-0.05, 0) is 42.5 Å². The van der Waals surface area contributed by atoms with Gasteiger partial charge in [0.25, 0.3) is 0 Å². The van der Waals surface area contributed by atoms with Gasteiger partial charge >= 0.3 is 0 Å². The van der Waals surface area contributed by atoms with Crippen molar-refractivity contribution in [1.29, 1.82) is 0 Å². The minimum absolute atomic E-state index is 0.120. The molecular weight excluding hydrogens is 235 g/mol. The molecule has 1 aromatic rings. The summed E-state index contributed by atoms with van der Waals surface area (Å²) in [5, 5.41) is 0. The monoisotopic (exact) mass is 254 g/mol. The lowest BCUT2D eigenvalue weighted by Gasteiger charge is -2.10. The molecule has 0 saturated carbocycles. The molecular formula is C14H19FOS. The first kappa shape index (κ1) is 14.2. The smallest absolute Gasteiger partial charge is 0.140 e. The number of benzene rings is 1. The molecule has 0 aliphatic carbocycles. The van der Waals surface area contributed by atoms with Crippen LogP contribution in [0.1, 0.15) is 37.7 Å². The second kappa shape index (κ2) is 7.49. The van der Waals surface area contributed by atoms with Crippen LogP contribution in [0, 0.1) is 5.82 Å². The highest BCUT2D eigenvalue weighted by Crippen LogP contribution is 2.19. The summed E-state index contributed by atoms with van der Waals surface area (Å²) in [4.78, 5) is 11.9. The van der Waals surface area contributed by atoms with E-state index in [0.717, 1.165) is 24.2 Å². The van der Waals surface area contributed by atoms with Gasteiger partial charge in [0.1, 0.15) is 11.6 Å². The average molecular weight is 254 g/mol. The van der Waals surface area contributed by atoms with Crippen molar-refractivity contribution in [3.05, 3.63) is 35.6 Å². The highest BCUT2D eigenvalue weighted by Gasteiger charge is 2.14. The van der Waals surface area contributed by atoms with Crippen LogP contribution in [-0.4, -0.2) is 17.8 Å². The summed E-state index contributed by atoms with van der Waals surface area (Å²) in [7, 11) is 0. The molecule has 0 aliphatic heterocycles. The van der Waals surface area contributed by atoms with Gasteiger partial charge in [0.2, 0.25) is 0 Å². The number of rotatable bonds is 7. The Kier molecular flexibility index (Phi) is 6.27. The second-order valence-electron chi connectivity index (χ2n) is 4.19. The molecule has 3 heteroatoms. The highest BCUT2D eigenvalue weighted by atomic mass is 32.2. The molecule has 1 atom stereocenters. The van der Waals surface area contributed by atoms with E-state index in [9.17, 15) is 9.18 Å². The molecule has 0 heterocycles. The van der Waals surface area contributed by atoms with Crippen LogP contribution in [0.3, 0.4) is 0 Å². The summed E-state index contributed by atoms with van der Waals surface area (Å²) in [6.45, 7) is 1.89. The Morgan fingerprint density at radius 2 is 1.94 bits per heavy atom. The van der Waals surface area contributed by atoms with Crippen LogP contribution >= 0.6 is 11.8 Å². The zero-order valence-corrected chi connectivity index (χ0v) is 11.2. The molecule has 0 N–H and O–H groups in total. The number of Topliss-reactive ketones (excluding diaryl/α,β-unsaturated/α-hetero) is 1. The molecule has 0 radical (unpaired) electrons. The fraction of sp³-hybridized carbons (Fsp3) is 0.500. The van der Waals surface area contributed by atoms with E-state index in [0.29, 0.717) is 6.42 Å². The maximum atomic E-state index is 12.8. The van der Waals surface area contributed by atoms with Gasteiger partial charge in [-0.15, -0.1) is 0 Å². The molecule has 0 aromatic heterocycles. The Labute approximate surface area is 107 Å². The first-order chi connectivity index (χ1) is 8.15. The predicted octanol–water partition coefficient (Wildman–Crippen LogP) is 4.03. The zero-order valence-electron chi connectivity index (χ0n) is 10.4. The van der Waals surface area contributed by atoms with E-state index in [4.69, 9.17) is 0 Å². The third-order valence-corrected chi connectivity index (χ3v) is 3.57. The molecule has 17 heavy (non-hydrogen) atoms. The number of carbonyl (C=O) groups excluding carboxylic acids is 1. The molecule has 0 saturated heterocycles. The van der Waals surface area contributed by atoms with E-state index in [1.165, 1.54) is 12.1 Å². The first-order valence-corrected chi connectivity index (χ1v) is 7.31. The summed E-state index contributed by atoms with van der Waals surface area (Å²) < 4.78 is 12.8. The second-order valence-corrected chi connectivity index (χ2v) is 5.18. The van der Waals surface area contributed by atoms with Gasteiger partial charge in [-0.1, -0.05) is 19.1 Å². The predicted molar refractivity (Wildman–Crippen MR) is 72.1 cm³/mol. The molecule has 0 aliphatic rings. The fourth-order valence-corrected chi connectivity index (χ4v) is 2.19. The van der Waals surface area contributed by atoms with Crippen LogP contribution in [0.5, 0.6) is 0 Å². The Morgan fingerprint density at radius 1 is 1.29 bits per heavy atom.